The van der Waals surface area contributed by atoms with Crippen molar-refractivity contribution in [3.8, 4) is 5.69 Å². The highest BCUT2D eigenvalue weighted by molar-refractivity contribution is 5.30. The van der Waals surface area contributed by atoms with Gasteiger partial charge in [-0.1, -0.05) is 82.9 Å². The molecule has 0 bridgehead atoms. The van der Waals surface area contributed by atoms with Gasteiger partial charge < -0.3 is 0 Å². The number of rotatable bonds is 13. The predicted molar refractivity (Wildman–Crippen MR) is 102 cm³/mol. The number of unbranched alkanes of at least 4 members (excludes halogenated alkanes) is 10. The van der Waals surface area contributed by atoms with Crippen LogP contribution in [-0.4, -0.2) is 4.57 Å². The molecule has 0 saturated heterocycles. The monoisotopic (exact) mass is 327 g/mol. The van der Waals surface area contributed by atoms with E-state index in [-0.39, 0.29) is 0 Å². The van der Waals surface area contributed by atoms with Crippen molar-refractivity contribution in [1.82, 2.24) is 4.57 Å². The fourth-order valence-corrected chi connectivity index (χ4v) is 3.24. The van der Waals surface area contributed by atoms with Gasteiger partial charge in [-0.3, -0.25) is 0 Å². The summed E-state index contributed by atoms with van der Waals surface area (Å²) in [4.78, 5) is 0. The average Bonchev–Trinajstić information content (AvgIpc) is 3.09. The summed E-state index contributed by atoms with van der Waals surface area (Å²) in [6, 6.07) is 10.5. The van der Waals surface area contributed by atoms with E-state index in [1.54, 1.807) is 0 Å². The van der Waals surface area contributed by atoms with Crippen LogP contribution in [0.25, 0.3) is 5.69 Å². The van der Waals surface area contributed by atoms with Gasteiger partial charge in [0, 0.05) is 0 Å². The molecule has 0 amide bonds. The van der Waals surface area contributed by atoms with Crippen molar-refractivity contribution in [2.75, 3.05) is 0 Å². The summed E-state index contributed by atoms with van der Waals surface area (Å²) in [5, 5.41) is 0. The molecular formula is C22H35N2+. The lowest BCUT2D eigenvalue weighted by molar-refractivity contribution is -0.696. The third-order valence-corrected chi connectivity index (χ3v) is 4.77. The summed E-state index contributed by atoms with van der Waals surface area (Å²) in [6.07, 6.45) is 22.0. The zero-order valence-electron chi connectivity index (χ0n) is 15.5. The van der Waals surface area contributed by atoms with Gasteiger partial charge in [-0.25, -0.2) is 9.13 Å². The second-order valence-electron chi connectivity index (χ2n) is 6.93. The topological polar surface area (TPSA) is 8.81 Å². The third kappa shape index (κ3) is 7.33. The first kappa shape index (κ1) is 18.8. The molecule has 1 aromatic heterocycles. The van der Waals surface area contributed by atoms with Gasteiger partial charge in [0.1, 0.15) is 18.1 Å². The number of imidazole rings is 1. The fourth-order valence-electron chi connectivity index (χ4n) is 3.24. The molecule has 0 aliphatic heterocycles. The van der Waals surface area contributed by atoms with E-state index in [0.29, 0.717) is 0 Å². The number of aryl methyl sites for hydroxylation is 1. The van der Waals surface area contributed by atoms with Gasteiger partial charge in [0.2, 0.25) is 6.33 Å². The summed E-state index contributed by atoms with van der Waals surface area (Å²) in [5.41, 5.74) is 1.23. The number of benzene rings is 1. The minimum absolute atomic E-state index is 1.14. The molecule has 0 spiro atoms. The summed E-state index contributed by atoms with van der Waals surface area (Å²) >= 11 is 0. The van der Waals surface area contributed by atoms with Crippen LogP contribution in [0.5, 0.6) is 0 Å². The minimum atomic E-state index is 1.14. The van der Waals surface area contributed by atoms with Crippen LogP contribution in [-0.2, 0) is 6.54 Å². The molecule has 24 heavy (non-hydrogen) atoms. The highest BCUT2D eigenvalue weighted by atomic mass is 15.1. The van der Waals surface area contributed by atoms with E-state index in [1.165, 1.54) is 76.3 Å². The van der Waals surface area contributed by atoms with Crippen LogP contribution in [0.4, 0.5) is 0 Å². The van der Waals surface area contributed by atoms with Crippen molar-refractivity contribution in [3.05, 3.63) is 49.1 Å². The molecule has 0 fully saturated rings. The Morgan fingerprint density at radius 2 is 1.33 bits per heavy atom. The summed E-state index contributed by atoms with van der Waals surface area (Å²) in [5.74, 6) is 0. The molecule has 2 nitrogen and oxygen atoms in total. The number of para-hydroxylation sites is 1. The average molecular weight is 328 g/mol. The van der Waals surface area contributed by atoms with Crippen molar-refractivity contribution in [2.24, 2.45) is 0 Å². The second-order valence-corrected chi connectivity index (χ2v) is 6.93. The Morgan fingerprint density at radius 3 is 1.96 bits per heavy atom. The van der Waals surface area contributed by atoms with Crippen molar-refractivity contribution in [3.63, 3.8) is 0 Å². The zero-order chi connectivity index (χ0) is 16.9. The van der Waals surface area contributed by atoms with Crippen LogP contribution >= 0.6 is 0 Å². The molecule has 0 aliphatic rings. The molecular weight excluding hydrogens is 292 g/mol. The maximum atomic E-state index is 2.31. The molecule has 1 heterocycles. The van der Waals surface area contributed by atoms with Gasteiger partial charge in [-0.15, -0.1) is 0 Å². The van der Waals surface area contributed by atoms with Gasteiger partial charge in [0.25, 0.3) is 0 Å². The molecule has 1 aromatic carbocycles. The standard InChI is InChI=1S/C22H35N2/c1-2-3-4-5-6-7-8-9-10-11-15-18-23-19-20-24(21-23)22-16-13-12-14-17-22/h12-14,16-17,19-21H,2-11,15,18H2,1H3/q+1. The van der Waals surface area contributed by atoms with Gasteiger partial charge in [-0.05, 0) is 25.0 Å². The van der Waals surface area contributed by atoms with E-state index in [9.17, 15) is 0 Å². The summed E-state index contributed by atoms with van der Waals surface area (Å²) in [6.45, 7) is 3.42. The number of aromatic nitrogens is 2. The van der Waals surface area contributed by atoms with Gasteiger partial charge in [-0.2, -0.15) is 0 Å². The zero-order valence-corrected chi connectivity index (χ0v) is 15.5. The van der Waals surface area contributed by atoms with Crippen LogP contribution in [0.15, 0.2) is 49.1 Å². The van der Waals surface area contributed by atoms with E-state index < -0.39 is 0 Å². The Balaban J connectivity index is 1.49. The van der Waals surface area contributed by atoms with E-state index in [4.69, 9.17) is 0 Å². The van der Waals surface area contributed by atoms with Gasteiger partial charge >= 0.3 is 0 Å². The van der Waals surface area contributed by atoms with E-state index in [1.807, 2.05) is 0 Å². The largest absolute Gasteiger partial charge is 0.248 e. The number of nitrogens with zero attached hydrogens (tertiary/aromatic N) is 2. The van der Waals surface area contributed by atoms with Gasteiger partial charge in [0.05, 0.1) is 6.54 Å². The van der Waals surface area contributed by atoms with Gasteiger partial charge in [0.15, 0.2) is 0 Å². The maximum absolute atomic E-state index is 2.31. The Kier molecular flexibility index (Phi) is 9.29. The first-order chi connectivity index (χ1) is 11.9. The lowest BCUT2D eigenvalue weighted by Gasteiger charge is -2.02. The molecule has 132 valence electrons. The SMILES string of the molecule is CCCCCCCCCCCCC[n+]1ccn(-c2ccccc2)c1. The molecule has 2 rings (SSSR count). The summed E-state index contributed by atoms with van der Waals surface area (Å²) in [7, 11) is 0. The molecule has 2 heteroatoms. The predicted octanol–water partition coefficient (Wildman–Crippen LogP) is 6.08. The van der Waals surface area contributed by atoms with Crippen LogP contribution < -0.4 is 4.57 Å². The molecule has 0 saturated carbocycles. The smallest absolute Gasteiger partial charge is 0.236 e. The number of hydrogen-bond acceptors (Lipinski definition) is 0. The Labute approximate surface area is 148 Å². The van der Waals surface area contributed by atoms with E-state index >= 15 is 0 Å². The van der Waals surface area contributed by atoms with Crippen LogP contribution in [0.2, 0.25) is 0 Å². The number of hydrogen-bond donors (Lipinski definition) is 0. The molecule has 0 aliphatic carbocycles. The van der Waals surface area contributed by atoms with E-state index in [2.05, 4.69) is 65.1 Å². The molecule has 2 aromatic rings. The lowest BCUT2D eigenvalue weighted by atomic mass is 10.1. The quantitative estimate of drug-likeness (QED) is 0.311. The Hall–Kier alpha value is -1.57. The van der Waals surface area contributed by atoms with Crippen LogP contribution in [0.3, 0.4) is 0 Å². The highest BCUT2D eigenvalue weighted by Crippen LogP contribution is 2.11. The van der Waals surface area contributed by atoms with Crippen molar-refractivity contribution >= 4 is 0 Å². The second kappa shape index (κ2) is 11.9. The Morgan fingerprint density at radius 1 is 0.750 bits per heavy atom. The first-order valence-electron chi connectivity index (χ1n) is 10.0. The Bertz CT molecular complexity index is 530. The minimum Gasteiger partial charge on any atom is -0.236 e. The van der Waals surface area contributed by atoms with Crippen molar-refractivity contribution < 1.29 is 4.57 Å². The maximum Gasteiger partial charge on any atom is 0.248 e. The first-order valence-corrected chi connectivity index (χ1v) is 10.0. The molecule has 0 N–H and O–H groups in total. The highest BCUT2D eigenvalue weighted by Gasteiger charge is 2.05. The third-order valence-electron chi connectivity index (χ3n) is 4.77. The fraction of sp³-hybridized carbons (Fsp3) is 0.591. The van der Waals surface area contributed by atoms with Crippen LogP contribution in [0.1, 0.15) is 77.6 Å². The molecule has 0 atom stereocenters. The van der Waals surface area contributed by atoms with Crippen molar-refractivity contribution in [1.29, 1.82) is 0 Å². The van der Waals surface area contributed by atoms with Crippen molar-refractivity contribution in [2.45, 2.75) is 84.1 Å². The van der Waals surface area contributed by atoms with E-state index in [0.717, 1.165) is 6.54 Å². The normalized spacial score (nSPS) is 11.0. The molecule has 0 radical (unpaired) electrons. The summed E-state index contributed by atoms with van der Waals surface area (Å²) < 4.78 is 4.50. The lowest BCUT2D eigenvalue weighted by Crippen LogP contribution is -2.30. The van der Waals surface area contributed by atoms with Crippen LogP contribution in [0, 0.1) is 0 Å². The molecule has 0 unspecified atom stereocenters.